The zero-order valence-electron chi connectivity index (χ0n) is 7.30. The van der Waals surface area contributed by atoms with Gasteiger partial charge in [-0.2, -0.15) is 0 Å². The molecule has 0 unspecified atom stereocenters. The lowest BCUT2D eigenvalue weighted by Gasteiger charge is -2.05. The van der Waals surface area contributed by atoms with Gasteiger partial charge < -0.3 is 5.73 Å². The lowest BCUT2D eigenvalue weighted by Crippen LogP contribution is -1.98. The molecule has 0 fully saturated rings. The van der Waals surface area contributed by atoms with E-state index in [0.717, 1.165) is 20.9 Å². The van der Waals surface area contributed by atoms with Crippen molar-refractivity contribution in [3.63, 3.8) is 0 Å². The number of benzene rings is 1. The molecule has 0 saturated carbocycles. The van der Waals surface area contributed by atoms with Crippen LogP contribution in [0.15, 0.2) is 28.7 Å². The van der Waals surface area contributed by atoms with Gasteiger partial charge in [0.1, 0.15) is 5.15 Å². The van der Waals surface area contributed by atoms with Crippen molar-refractivity contribution in [2.75, 3.05) is 0 Å². The van der Waals surface area contributed by atoms with Gasteiger partial charge in [-0.05, 0) is 33.6 Å². The van der Waals surface area contributed by atoms with E-state index in [-0.39, 0.29) is 0 Å². The van der Waals surface area contributed by atoms with Crippen LogP contribution in [0.3, 0.4) is 0 Å². The predicted octanol–water partition coefficient (Wildman–Crippen LogP) is 3.11. The van der Waals surface area contributed by atoms with E-state index in [1.807, 2.05) is 18.2 Å². The van der Waals surface area contributed by atoms with E-state index < -0.39 is 0 Å². The van der Waals surface area contributed by atoms with Gasteiger partial charge in [0.25, 0.3) is 0 Å². The van der Waals surface area contributed by atoms with Crippen LogP contribution in [0.4, 0.5) is 0 Å². The van der Waals surface area contributed by atoms with Gasteiger partial charge in [-0.3, -0.25) is 0 Å². The van der Waals surface area contributed by atoms with Gasteiger partial charge in [-0.25, -0.2) is 4.98 Å². The summed E-state index contributed by atoms with van der Waals surface area (Å²) in [5, 5.41) is 1.52. The molecular weight excluding hydrogens is 263 g/mol. The second-order valence-electron chi connectivity index (χ2n) is 2.94. The maximum atomic E-state index is 5.89. The average molecular weight is 272 g/mol. The second-order valence-corrected chi connectivity index (χ2v) is 4.19. The molecule has 2 nitrogen and oxygen atoms in total. The molecule has 2 rings (SSSR count). The largest absolute Gasteiger partial charge is 0.326 e. The summed E-state index contributed by atoms with van der Waals surface area (Å²) in [4.78, 5) is 4.25. The van der Waals surface area contributed by atoms with Crippen molar-refractivity contribution in [1.82, 2.24) is 4.98 Å². The number of nitrogens with zero attached hydrogens (tertiary/aromatic N) is 1. The first-order valence-electron chi connectivity index (χ1n) is 4.16. The topological polar surface area (TPSA) is 38.9 Å². The highest BCUT2D eigenvalue weighted by atomic mass is 79.9. The number of halogens is 2. The Morgan fingerprint density at radius 3 is 2.93 bits per heavy atom. The molecule has 0 spiro atoms. The minimum Gasteiger partial charge on any atom is -0.326 e. The van der Waals surface area contributed by atoms with E-state index in [1.54, 1.807) is 6.07 Å². The minimum absolute atomic E-state index is 0.467. The Morgan fingerprint density at radius 2 is 2.21 bits per heavy atom. The molecule has 14 heavy (non-hydrogen) atoms. The number of aromatic nitrogens is 1. The summed E-state index contributed by atoms with van der Waals surface area (Å²) < 4.78 is 0.937. The van der Waals surface area contributed by atoms with Gasteiger partial charge in [0.2, 0.25) is 0 Å². The molecule has 1 aromatic heterocycles. The molecule has 4 heteroatoms. The molecule has 0 saturated heterocycles. The molecule has 72 valence electrons. The quantitative estimate of drug-likeness (QED) is 0.810. The monoisotopic (exact) mass is 270 g/mol. The Bertz CT molecular complexity index is 485. The maximum absolute atomic E-state index is 5.89. The number of rotatable bonds is 1. The van der Waals surface area contributed by atoms with Crippen LogP contribution in [0.1, 0.15) is 5.56 Å². The van der Waals surface area contributed by atoms with Crippen LogP contribution >= 0.6 is 27.5 Å². The van der Waals surface area contributed by atoms with Gasteiger partial charge in [-0.1, -0.05) is 23.7 Å². The molecule has 0 radical (unpaired) electrons. The molecule has 2 N–H and O–H groups in total. The molecule has 0 aliphatic carbocycles. The summed E-state index contributed by atoms with van der Waals surface area (Å²) in [5.41, 5.74) is 7.51. The van der Waals surface area contributed by atoms with Crippen molar-refractivity contribution < 1.29 is 0 Å². The number of nitrogens with two attached hydrogens (primary N) is 1. The molecule has 0 bridgehead atoms. The Balaban J connectivity index is 2.87. The average Bonchev–Trinajstić information content (AvgIpc) is 2.18. The zero-order valence-corrected chi connectivity index (χ0v) is 9.64. The van der Waals surface area contributed by atoms with Gasteiger partial charge in [0, 0.05) is 16.4 Å². The Morgan fingerprint density at radius 1 is 1.43 bits per heavy atom. The first-order chi connectivity index (χ1) is 6.72. The molecular formula is C10H8BrClN2. The highest BCUT2D eigenvalue weighted by Gasteiger charge is 2.05. The molecule has 0 amide bonds. The van der Waals surface area contributed by atoms with E-state index >= 15 is 0 Å². The first kappa shape index (κ1) is 9.90. The molecule has 1 heterocycles. The van der Waals surface area contributed by atoms with Crippen molar-refractivity contribution in [1.29, 1.82) is 0 Å². The summed E-state index contributed by atoms with van der Waals surface area (Å²) in [7, 11) is 0. The molecule has 0 aliphatic rings. The number of pyridine rings is 1. The first-order valence-corrected chi connectivity index (χ1v) is 5.33. The number of fused-ring (bicyclic) bond motifs is 1. The van der Waals surface area contributed by atoms with Crippen LogP contribution in [-0.2, 0) is 6.54 Å². The number of hydrogen-bond donors (Lipinski definition) is 1. The van der Waals surface area contributed by atoms with Crippen LogP contribution < -0.4 is 5.73 Å². The molecule has 2 aromatic rings. The van der Waals surface area contributed by atoms with Gasteiger partial charge in [0.15, 0.2) is 0 Å². The summed E-state index contributed by atoms with van der Waals surface area (Å²) in [5.74, 6) is 0. The van der Waals surface area contributed by atoms with Crippen LogP contribution in [-0.4, -0.2) is 4.98 Å². The standard InChI is InChI=1S/C10H8BrClN2/c11-8-3-1-2-7-6(5-13)4-9(12)14-10(7)8/h1-4H,5,13H2. The Labute approximate surface area is 95.2 Å². The van der Waals surface area contributed by atoms with Crippen molar-refractivity contribution >= 4 is 38.4 Å². The van der Waals surface area contributed by atoms with E-state index in [9.17, 15) is 0 Å². The number of para-hydroxylation sites is 1. The minimum atomic E-state index is 0.467. The van der Waals surface area contributed by atoms with Gasteiger partial charge in [-0.15, -0.1) is 0 Å². The normalized spacial score (nSPS) is 10.8. The fourth-order valence-corrected chi connectivity index (χ4v) is 2.09. The van der Waals surface area contributed by atoms with Gasteiger partial charge >= 0.3 is 0 Å². The Hall–Kier alpha value is -0.640. The lowest BCUT2D eigenvalue weighted by molar-refractivity contribution is 1.08. The van der Waals surface area contributed by atoms with Gasteiger partial charge in [0.05, 0.1) is 5.52 Å². The van der Waals surface area contributed by atoms with Crippen LogP contribution in [0.5, 0.6) is 0 Å². The van der Waals surface area contributed by atoms with Crippen molar-refractivity contribution in [2.24, 2.45) is 5.73 Å². The second kappa shape index (κ2) is 3.85. The highest BCUT2D eigenvalue weighted by molar-refractivity contribution is 9.10. The third-order valence-electron chi connectivity index (χ3n) is 2.06. The van der Waals surface area contributed by atoms with Crippen molar-refractivity contribution in [2.45, 2.75) is 6.54 Å². The van der Waals surface area contributed by atoms with Crippen LogP contribution in [0.25, 0.3) is 10.9 Å². The van der Waals surface area contributed by atoms with Crippen molar-refractivity contribution in [3.05, 3.63) is 39.5 Å². The van der Waals surface area contributed by atoms with E-state index in [2.05, 4.69) is 20.9 Å². The predicted molar refractivity (Wildman–Crippen MR) is 62.3 cm³/mol. The summed E-state index contributed by atoms with van der Waals surface area (Å²) >= 11 is 9.32. The SMILES string of the molecule is NCc1cc(Cl)nc2c(Br)cccc12. The Kier molecular flexibility index (Phi) is 2.72. The molecule has 0 aliphatic heterocycles. The highest BCUT2D eigenvalue weighted by Crippen LogP contribution is 2.26. The summed E-state index contributed by atoms with van der Waals surface area (Å²) in [6.45, 7) is 0.467. The van der Waals surface area contributed by atoms with Crippen LogP contribution in [0.2, 0.25) is 5.15 Å². The van der Waals surface area contributed by atoms with E-state index in [1.165, 1.54) is 0 Å². The summed E-state index contributed by atoms with van der Waals surface area (Å²) in [6, 6.07) is 7.69. The third-order valence-corrected chi connectivity index (χ3v) is 2.90. The van der Waals surface area contributed by atoms with Crippen molar-refractivity contribution in [3.8, 4) is 0 Å². The fourth-order valence-electron chi connectivity index (χ4n) is 1.42. The molecule has 1 aromatic carbocycles. The van der Waals surface area contributed by atoms with Crippen LogP contribution in [0, 0.1) is 0 Å². The zero-order chi connectivity index (χ0) is 10.1. The molecule has 0 atom stereocenters. The number of hydrogen-bond acceptors (Lipinski definition) is 2. The van der Waals surface area contributed by atoms with E-state index in [4.69, 9.17) is 17.3 Å². The van der Waals surface area contributed by atoms with E-state index in [0.29, 0.717) is 11.7 Å². The smallest absolute Gasteiger partial charge is 0.130 e. The summed E-state index contributed by atoms with van der Waals surface area (Å²) in [6.07, 6.45) is 0. The maximum Gasteiger partial charge on any atom is 0.130 e. The fraction of sp³-hybridized carbons (Fsp3) is 0.100. The lowest BCUT2D eigenvalue weighted by atomic mass is 10.1. The third kappa shape index (κ3) is 1.63.